The van der Waals surface area contributed by atoms with Gasteiger partial charge in [0.2, 0.25) is 16.4 Å². The van der Waals surface area contributed by atoms with Crippen LogP contribution >= 0.6 is 24.0 Å². The number of carbonyl (C=O) groups is 2. The molecule has 2 N–H and O–H groups in total. The van der Waals surface area contributed by atoms with Gasteiger partial charge in [0.15, 0.2) is 5.78 Å². The molecular weight excluding hydrogens is 356 g/mol. The van der Waals surface area contributed by atoms with Gasteiger partial charge in [-0.2, -0.15) is 0 Å². The largest absolute Gasteiger partial charge is 0.344 e. The van der Waals surface area contributed by atoms with E-state index in [4.69, 9.17) is 0 Å². The zero-order valence-corrected chi connectivity index (χ0v) is 14.5. The topological polar surface area (TPSA) is 92.3 Å². The molecule has 1 aromatic heterocycles. The number of rotatable bonds is 7. The van der Waals surface area contributed by atoms with Gasteiger partial charge in [0.25, 0.3) is 0 Å². The van der Waals surface area contributed by atoms with Crippen LogP contribution in [0.5, 0.6) is 0 Å². The molecule has 0 spiro atoms. The molecule has 0 aliphatic heterocycles. The van der Waals surface area contributed by atoms with Crippen molar-refractivity contribution in [1.29, 1.82) is 0 Å². The van der Waals surface area contributed by atoms with Gasteiger partial charge < -0.3 is 5.32 Å². The summed E-state index contributed by atoms with van der Waals surface area (Å²) in [5.74, 6) is -0.343. The van der Waals surface area contributed by atoms with Crippen molar-refractivity contribution in [3.63, 3.8) is 0 Å². The molecule has 0 aliphatic rings. The number of hydrogen-bond donors (Lipinski definition) is 3. The van der Waals surface area contributed by atoms with Crippen LogP contribution in [0.15, 0.2) is 40.6 Å². The van der Waals surface area contributed by atoms with Crippen molar-refractivity contribution in [3.8, 4) is 0 Å². The van der Waals surface area contributed by atoms with Crippen LogP contribution in [-0.2, 0) is 14.8 Å². The smallest absolute Gasteiger partial charge is 0.229 e. The predicted octanol–water partition coefficient (Wildman–Crippen LogP) is 2.08. The Morgan fingerprint density at radius 2 is 1.96 bits per heavy atom. The van der Waals surface area contributed by atoms with Crippen molar-refractivity contribution in [2.24, 2.45) is 0 Å². The van der Waals surface area contributed by atoms with Crippen molar-refractivity contribution in [2.75, 3.05) is 11.0 Å². The molecule has 1 heterocycles. The Kier molecular flexibility index (Phi) is 5.45. The summed E-state index contributed by atoms with van der Waals surface area (Å²) >= 11 is 5.32. The Balaban J connectivity index is 2.46. The molecule has 0 fully saturated rings. The first-order valence-electron chi connectivity index (χ1n) is 6.41. The third-order valence-corrected chi connectivity index (χ3v) is 4.86. The number of benzene rings is 1. The predicted molar refractivity (Wildman–Crippen MR) is 92.8 cm³/mol. The zero-order valence-electron chi connectivity index (χ0n) is 12.0. The molecule has 23 heavy (non-hydrogen) atoms. The van der Waals surface area contributed by atoms with E-state index in [0.29, 0.717) is 21.1 Å². The van der Waals surface area contributed by atoms with E-state index in [1.165, 1.54) is 6.07 Å². The van der Waals surface area contributed by atoms with E-state index >= 15 is 0 Å². The summed E-state index contributed by atoms with van der Waals surface area (Å²) in [5.41, 5.74) is 0.636. The van der Waals surface area contributed by atoms with Gasteiger partial charge in [-0.15, -0.1) is 24.0 Å². The minimum atomic E-state index is -3.53. The molecule has 0 aliphatic carbocycles. The second-order valence-electron chi connectivity index (χ2n) is 4.68. The van der Waals surface area contributed by atoms with Gasteiger partial charge in [-0.1, -0.05) is 30.3 Å². The minimum Gasteiger partial charge on any atom is -0.344 e. The molecule has 0 bridgehead atoms. The highest BCUT2D eigenvalue weighted by molar-refractivity contribution is 7.92. The zero-order chi connectivity index (χ0) is 17.0. The lowest BCUT2D eigenvalue weighted by Crippen LogP contribution is -2.28. The fourth-order valence-corrected chi connectivity index (χ4v) is 3.97. The van der Waals surface area contributed by atoms with Crippen LogP contribution < -0.4 is 10.0 Å². The number of thiol groups is 1. The molecule has 2 aromatic rings. The van der Waals surface area contributed by atoms with E-state index in [1.54, 1.807) is 30.3 Å². The van der Waals surface area contributed by atoms with E-state index in [0.717, 1.165) is 17.6 Å². The fourth-order valence-electron chi connectivity index (χ4n) is 1.99. The number of amides is 1. The van der Waals surface area contributed by atoms with Crippen molar-refractivity contribution in [1.82, 2.24) is 5.32 Å². The van der Waals surface area contributed by atoms with Crippen LogP contribution in [0.2, 0.25) is 0 Å². The third kappa shape index (κ3) is 4.57. The molecule has 0 saturated carbocycles. The number of thiophene rings is 1. The number of ketones is 1. The maximum Gasteiger partial charge on any atom is 0.229 e. The van der Waals surface area contributed by atoms with E-state index in [9.17, 15) is 18.0 Å². The highest BCUT2D eigenvalue weighted by atomic mass is 32.2. The molecule has 9 heteroatoms. The van der Waals surface area contributed by atoms with E-state index in [1.807, 2.05) is 0 Å². The number of Topliss-reactive ketones (excluding diaryl/α,β-unsaturated/α-hetero) is 1. The van der Waals surface area contributed by atoms with Crippen molar-refractivity contribution in [3.05, 3.63) is 46.8 Å². The van der Waals surface area contributed by atoms with Crippen molar-refractivity contribution < 1.29 is 18.0 Å². The first kappa shape index (κ1) is 17.5. The number of anilines is 1. The fraction of sp³-hybridized carbons (Fsp3) is 0.143. The Hall–Kier alpha value is -1.84. The van der Waals surface area contributed by atoms with Crippen LogP contribution in [0.1, 0.15) is 21.3 Å². The van der Waals surface area contributed by atoms with Gasteiger partial charge in [0.1, 0.15) is 6.04 Å². The first-order valence-corrected chi connectivity index (χ1v) is 9.57. The summed E-state index contributed by atoms with van der Waals surface area (Å²) in [4.78, 5) is 23.9. The monoisotopic (exact) mass is 370 g/mol. The number of hydrogen-bond acceptors (Lipinski definition) is 6. The molecule has 0 saturated heterocycles. The molecular formula is C14H14N2O4S3. The Morgan fingerprint density at radius 1 is 1.30 bits per heavy atom. The van der Waals surface area contributed by atoms with Gasteiger partial charge in [-0.05, 0) is 6.07 Å². The van der Waals surface area contributed by atoms with Crippen LogP contribution in [0.25, 0.3) is 0 Å². The second-order valence-corrected chi connectivity index (χ2v) is 8.30. The maximum absolute atomic E-state index is 12.6. The SMILES string of the molecule is CS(=O)(=O)Nc1cc(S)sc1C(NC=O)C(=O)c1ccccc1. The standard InChI is InChI=1S/C14H14N2O4S3/c1-23(19,20)16-10-7-11(21)22-14(10)12(15-8-17)13(18)9-5-3-2-4-6-9/h2-8,12,16,21H,1H3,(H,15,17). The summed E-state index contributed by atoms with van der Waals surface area (Å²) in [5, 5.41) is 2.45. The molecule has 0 radical (unpaired) electrons. The Morgan fingerprint density at radius 3 is 2.52 bits per heavy atom. The molecule has 6 nitrogen and oxygen atoms in total. The van der Waals surface area contributed by atoms with Crippen LogP contribution in [0.3, 0.4) is 0 Å². The highest BCUT2D eigenvalue weighted by Crippen LogP contribution is 2.36. The van der Waals surface area contributed by atoms with Gasteiger partial charge in [-0.3, -0.25) is 14.3 Å². The van der Waals surface area contributed by atoms with Crippen molar-refractivity contribution in [2.45, 2.75) is 10.3 Å². The van der Waals surface area contributed by atoms with E-state index < -0.39 is 16.1 Å². The minimum absolute atomic E-state index is 0.228. The summed E-state index contributed by atoms with van der Waals surface area (Å²) in [6.07, 6.45) is 1.42. The summed E-state index contributed by atoms with van der Waals surface area (Å²) in [7, 11) is -3.53. The normalized spacial score (nSPS) is 12.4. The Bertz CT molecular complexity index is 816. The second kappa shape index (κ2) is 7.16. The first-order chi connectivity index (χ1) is 10.8. The molecule has 1 atom stereocenters. The molecule has 2 rings (SSSR count). The molecule has 1 aromatic carbocycles. The third-order valence-electron chi connectivity index (χ3n) is 2.86. The van der Waals surface area contributed by atoms with Crippen LogP contribution in [-0.4, -0.2) is 26.9 Å². The average Bonchev–Trinajstić information content (AvgIpc) is 2.83. The molecule has 122 valence electrons. The number of carbonyl (C=O) groups excluding carboxylic acids is 2. The highest BCUT2D eigenvalue weighted by Gasteiger charge is 2.27. The van der Waals surface area contributed by atoms with Crippen molar-refractivity contribution >= 4 is 51.9 Å². The lowest BCUT2D eigenvalue weighted by molar-refractivity contribution is -0.110. The Labute approximate surface area is 143 Å². The van der Waals surface area contributed by atoms with Gasteiger partial charge in [0.05, 0.1) is 21.0 Å². The summed E-state index contributed by atoms with van der Waals surface area (Å²) in [6, 6.07) is 8.94. The average molecular weight is 370 g/mol. The van der Waals surface area contributed by atoms with Crippen LogP contribution in [0.4, 0.5) is 5.69 Å². The number of sulfonamides is 1. The summed E-state index contributed by atoms with van der Waals surface area (Å²) < 4.78 is 25.8. The maximum atomic E-state index is 12.6. The lowest BCUT2D eigenvalue weighted by Gasteiger charge is -2.16. The van der Waals surface area contributed by atoms with Crippen LogP contribution in [0, 0.1) is 0 Å². The van der Waals surface area contributed by atoms with E-state index in [-0.39, 0.29) is 11.5 Å². The lowest BCUT2D eigenvalue weighted by atomic mass is 10.0. The molecule has 1 unspecified atom stereocenters. The molecule has 1 amide bonds. The van der Waals surface area contributed by atoms with Gasteiger partial charge in [0, 0.05) is 5.56 Å². The summed E-state index contributed by atoms with van der Waals surface area (Å²) in [6.45, 7) is 0. The van der Waals surface area contributed by atoms with E-state index in [2.05, 4.69) is 22.7 Å². The van der Waals surface area contributed by atoms with Gasteiger partial charge in [-0.25, -0.2) is 8.42 Å². The van der Waals surface area contributed by atoms with Gasteiger partial charge >= 0.3 is 0 Å². The quantitative estimate of drug-likeness (QED) is 0.395. The number of nitrogens with one attached hydrogen (secondary N) is 2.